The lowest BCUT2D eigenvalue weighted by atomic mass is 10.2. The Labute approximate surface area is 130 Å². The summed E-state index contributed by atoms with van der Waals surface area (Å²) < 4.78 is 35.3. The zero-order valence-electron chi connectivity index (χ0n) is 12.8. The van der Waals surface area contributed by atoms with Gasteiger partial charge in [0.15, 0.2) is 0 Å². The zero-order valence-corrected chi connectivity index (χ0v) is 13.6. The Hall–Kier alpha value is -2.22. The topological polar surface area (TPSA) is 84.9 Å². The van der Waals surface area contributed by atoms with Crippen molar-refractivity contribution in [3.63, 3.8) is 0 Å². The monoisotopic (exact) mass is 328 g/mol. The van der Waals surface area contributed by atoms with E-state index in [-0.39, 0.29) is 18.8 Å². The van der Waals surface area contributed by atoms with Crippen LogP contribution in [0.1, 0.15) is 0 Å². The van der Waals surface area contributed by atoms with E-state index in [9.17, 15) is 13.2 Å². The van der Waals surface area contributed by atoms with Gasteiger partial charge in [-0.25, -0.2) is 8.42 Å². The first-order chi connectivity index (χ1) is 10.3. The fourth-order valence-corrected chi connectivity index (χ4v) is 2.60. The number of methoxy groups -OCH3 is 2. The van der Waals surface area contributed by atoms with Crippen molar-refractivity contribution >= 4 is 21.6 Å². The number of sulfonamides is 1. The van der Waals surface area contributed by atoms with Crippen molar-refractivity contribution in [3.05, 3.63) is 30.9 Å². The number of rotatable bonds is 8. The molecule has 7 nitrogen and oxygen atoms in total. The first-order valence-corrected chi connectivity index (χ1v) is 8.25. The molecule has 0 radical (unpaired) electrons. The van der Waals surface area contributed by atoms with Gasteiger partial charge < -0.3 is 14.8 Å². The smallest absolute Gasteiger partial charge is 0.241 e. The standard InChI is InChI=1S/C14H20N2O5S/c1-5-8-15-14(17)10-16(22(4,18)19)12-9-11(20-2)6-7-13(12)21-3/h5-7,9H,1,8,10H2,2-4H3,(H,15,17). The molecule has 22 heavy (non-hydrogen) atoms. The number of amides is 1. The molecule has 0 saturated carbocycles. The Kier molecular flexibility index (Phi) is 6.24. The maximum absolute atomic E-state index is 12.0. The highest BCUT2D eigenvalue weighted by atomic mass is 32.2. The van der Waals surface area contributed by atoms with Crippen LogP contribution in [0.5, 0.6) is 11.5 Å². The summed E-state index contributed by atoms with van der Waals surface area (Å²) in [6.07, 6.45) is 2.53. The van der Waals surface area contributed by atoms with Crippen LogP contribution in [0.2, 0.25) is 0 Å². The van der Waals surface area contributed by atoms with Gasteiger partial charge in [0.1, 0.15) is 18.0 Å². The molecule has 1 amide bonds. The summed E-state index contributed by atoms with van der Waals surface area (Å²) in [4.78, 5) is 11.8. The lowest BCUT2D eigenvalue weighted by Crippen LogP contribution is -2.40. The van der Waals surface area contributed by atoms with Crippen molar-refractivity contribution in [2.75, 3.05) is 37.9 Å². The van der Waals surface area contributed by atoms with Gasteiger partial charge in [0.25, 0.3) is 0 Å². The third-order valence-electron chi connectivity index (χ3n) is 2.79. The molecule has 0 aliphatic carbocycles. The average Bonchev–Trinajstić information content (AvgIpc) is 2.48. The van der Waals surface area contributed by atoms with E-state index in [1.807, 2.05) is 0 Å². The fraction of sp³-hybridized carbons (Fsp3) is 0.357. The van der Waals surface area contributed by atoms with Gasteiger partial charge in [0.2, 0.25) is 15.9 Å². The molecule has 0 aromatic heterocycles. The predicted molar refractivity (Wildman–Crippen MR) is 84.9 cm³/mol. The van der Waals surface area contributed by atoms with Crippen LogP contribution >= 0.6 is 0 Å². The summed E-state index contributed by atoms with van der Waals surface area (Å²) in [6, 6.07) is 4.72. The van der Waals surface area contributed by atoms with Crippen molar-refractivity contribution in [1.29, 1.82) is 0 Å². The second kappa shape index (κ2) is 7.69. The zero-order chi connectivity index (χ0) is 16.8. The molecule has 122 valence electrons. The van der Waals surface area contributed by atoms with E-state index in [1.165, 1.54) is 26.4 Å². The summed E-state index contributed by atoms with van der Waals surface area (Å²) in [6.45, 7) is 3.38. The van der Waals surface area contributed by atoms with Crippen molar-refractivity contribution in [3.8, 4) is 11.5 Å². The largest absolute Gasteiger partial charge is 0.497 e. The molecule has 0 atom stereocenters. The number of nitrogens with one attached hydrogen (secondary N) is 1. The summed E-state index contributed by atoms with van der Waals surface area (Å²) in [7, 11) is -0.799. The van der Waals surface area contributed by atoms with E-state index in [2.05, 4.69) is 11.9 Å². The van der Waals surface area contributed by atoms with E-state index < -0.39 is 15.9 Å². The second-order valence-electron chi connectivity index (χ2n) is 4.40. The first kappa shape index (κ1) is 17.8. The number of anilines is 1. The van der Waals surface area contributed by atoms with Gasteiger partial charge in [-0.1, -0.05) is 6.08 Å². The molecular weight excluding hydrogens is 308 g/mol. The molecule has 0 saturated heterocycles. The van der Waals surface area contributed by atoms with Crippen LogP contribution in [-0.4, -0.2) is 47.9 Å². The van der Waals surface area contributed by atoms with E-state index in [4.69, 9.17) is 9.47 Å². The van der Waals surface area contributed by atoms with E-state index >= 15 is 0 Å². The highest BCUT2D eigenvalue weighted by Crippen LogP contribution is 2.33. The van der Waals surface area contributed by atoms with Gasteiger partial charge >= 0.3 is 0 Å². The van der Waals surface area contributed by atoms with Gasteiger partial charge in [0, 0.05) is 12.6 Å². The fourth-order valence-electron chi connectivity index (χ4n) is 1.75. The van der Waals surface area contributed by atoms with E-state index in [0.717, 1.165) is 10.6 Å². The van der Waals surface area contributed by atoms with Crippen LogP contribution in [0.25, 0.3) is 0 Å². The van der Waals surface area contributed by atoms with Gasteiger partial charge in [-0.15, -0.1) is 6.58 Å². The molecule has 1 rings (SSSR count). The minimum Gasteiger partial charge on any atom is -0.497 e. The Bertz CT molecular complexity index is 643. The Balaban J connectivity index is 3.22. The Morgan fingerprint density at radius 2 is 2.05 bits per heavy atom. The molecule has 0 fully saturated rings. The maximum atomic E-state index is 12.0. The van der Waals surface area contributed by atoms with Gasteiger partial charge in [-0.05, 0) is 12.1 Å². The number of benzene rings is 1. The second-order valence-corrected chi connectivity index (χ2v) is 6.31. The number of nitrogens with zero attached hydrogens (tertiary/aromatic N) is 1. The molecule has 0 bridgehead atoms. The van der Waals surface area contributed by atoms with Gasteiger partial charge in [0.05, 0.1) is 26.2 Å². The lowest BCUT2D eigenvalue weighted by Gasteiger charge is -2.24. The lowest BCUT2D eigenvalue weighted by molar-refractivity contribution is -0.119. The Morgan fingerprint density at radius 3 is 2.55 bits per heavy atom. The minimum atomic E-state index is -3.68. The molecule has 1 N–H and O–H groups in total. The molecule has 1 aromatic carbocycles. The summed E-state index contributed by atoms with van der Waals surface area (Å²) >= 11 is 0. The Morgan fingerprint density at radius 1 is 1.36 bits per heavy atom. The summed E-state index contributed by atoms with van der Waals surface area (Å²) in [5, 5.41) is 2.54. The van der Waals surface area contributed by atoms with Crippen LogP contribution in [0.15, 0.2) is 30.9 Å². The van der Waals surface area contributed by atoms with Crippen LogP contribution in [0.3, 0.4) is 0 Å². The predicted octanol–water partition coefficient (Wildman–Crippen LogP) is 0.772. The normalized spacial score (nSPS) is 10.7. The van der Waals surface area contributed by atoms with Crippen molar-refractivity contribution < 1.29 is 22.7 Å². The average molecular weight is 328 g/mol. The van der Waals surface area contributed by atoms with Crippen LogP contribution in [0.4, 0.5) is 5.69 Å². The molecule has 0 aliphatic heterocycles. The molecule has 0 aliphatic rings. The van der Waals surface area contributed by atoms with Gasteiger partial charge in [-0.2, -0.15) is 0 Å². The van der Waals surface area contributed by atoms with Crippen LogP contribution < -0.4 is 19.1 Å². The molecule has 8 heteroatoms. The van der Waals surface area contributed by atoms with Crippen molar-refractivity contribution in [2.45, 2.75) is 0 Å². The highest BCUT2D eigenvalue weighted by Gasteiger charge is 2.24. The third kappa shape index (κ3) is 4.66. The number of carbonyl (C=O) groups is 1. The maximum Gasteiger partial charge on any atom is 0.241 e. The molecule has 0 unspecified atom stereocenters. The van der Waals surface area contributed by atoms with Crippen LogP contribution in [-0.2, 0) is 14.8 Å². The van der Waals surface area contributed by atoms with E-state index in [0.29, 0.717) is 11.5 Å². The SMILES string of the molecule is C=CCNC(=O)CN(c1cc(OC)ccc1OC)S(C)(=O)=O. The summed E-state index contributed by atoms with van der Waals surface area (Å²) in [5.41, 5.74) is 0.234. The van der Waals surface area contributed by atoms with Crippen LogP contribution in [0, 0.1) is 0 Å². The summed E-state index contributed by atoms with van der Waals surface area (Å²) in [5.74, 6) is 0.328. The van der Waals surface area contributed by atoms with Crippen molar-refractivity contribution in [1.82, 2.24) is 5.32 Å². The number of hydrogen-bond acceptors (Lipinski definition) is 5. The number of hydrogen-bond donors (Lipinski definition) is 1. The third-order valence-corrected chi connectivity index (χ3v) is 3.91. The molecule has 0 spiro atoms. The number of ether oxygens (including phenoxy) is 2. The molecular formula is C14H20N2O5S. The van der Waals surface area contributed by atoms with Gasteiger partial charge in [-0.3, -0.25) is 9.10 Å². The quantitative estimate of drug-likeness (QED) is 0.713. The molecule has 1 aromatic rings. The first-order valence-electron chi connectivity index (χ1n) is 6.40. The van der Waals surface area contributed by atoms with E-state index in [1.54, 1.807) is 12.1 Å². The highest BCUT2D eigenvalue weighted by molar-refractivity contribution is 7.92. The van der Waals surface area contributed by atoms with Crippen molar-refractivity contribution in [2.24, 2.45) is 0 Å². The molecule has 0 heterocycles. The number of carbonyl (C=O) groups excluding carboxylic acids is 1. The minimum absolute atomic E-state index is 0.234.